The van der Waals surface area contributed by atoms with Gasteiger partial charge in [-0.2, -0.15) is 5.10 Å². The van der Waals surface area contributed by atoms with Crippen molar-refractivity contribution in [3.05, 3.63) is 72.6 Å². The lowest BCUT2D eigenvalue weighted by Gasteiger charge is -2.24. The summed E-state index contributed by atoms with van der Waals surface area (Å²) in [5.74, 6) is 0.881. The number of ether oxygens (including phenoxy) is 1. The van der Waals surface area contributed by atoms with Crippen molar-refractivity contribution >= 4 is 11.6 Å². The fourth-order valence-electron chi connectivity index (χ4n) is 3.69. The van der Waals surface area contributed by atoms with Gasteiger partial charge in [-0.25, -0.2) is 4.68 Å². The van der Waals surface area contributed by atoms with Crippen molar-refractivity contribution in [1.29, 1.82) is 0 Å². The van der Waals surface area contributed by atoms with E-state index in [1.165, 1.54) is 0 Å². The monoisotopic (exact) mass is 376 g/mol. The number of carbonyl (C=O) groups is 1. The molecule has 6 nitrogen and oxygen atoms in total. The van der Waals surface area contributed by atoms with Gasteiger partial charge in [0.2, 0.25) is 5.91 Å². The summed E-state index contributed by atoms with van der Waals surface area (Å²) < 4.78 is 7.09. The number of nitrogens with zero attached hydrogens (tertiary/aromatic N) is 3. The van der Waals surface area contributed by atoms with Crippen LogP contribution in [0.25, 0.3) is 5.69 Å². The summed E-state index contributed by atoms with van der Waals surface area (Å²) in [6.45, 7) is 1.66. The number of hydrogen-bond donors (Lipinski definition) is 1. The minimum absolute atomic E-state index is 0.0398. The number of likely N-dealkylation sites (tertiary alicyclic amines) is 1. The standard InChI is InChI=1S/C22H24N4O2/c1-28-20-9-2-6-17(14-20)16-25-12-4-10-21(25)22(27)24-18-7-3-8-19(15-18)26-13-5-11-23-26/h2-3,5-9,11,13-15,21H,4,10,12,16H2,1H3,(H,24,27)/t21-/m0/s1. The second kappa shape index (κ2) is 8.27. The molecule has 1 aliphatic heterocycles. The van der Waals surface area contributed by atoms with E-state index in [4.69, 9.17) is 4.74 Å². The van der Waals surface area contributed by atoms with Gasteiger partial charge in [-0.05, 0) is 61.3 Å². The highest BCUT2D eigenvalue weighted by Gasteiger charge is 2.30. The first-order chi connectivity index (χ1) is 13.7. The first-order valence-corrected chi connectivity index (χ1v) is 9.51. The average molecular weight is 376 g/mol. The minimum atomic E-state index is -0.125. The van der Waals surface area contributed by atoms with Gasteiger partial charge >= 0.3 is 0 Å². The van der Waals surface area contributed by atoms with Gasteiger partial charge in [-0.1, -0.05) is 18.2 Å². The van der Waals surface area contributed by atoms with E-state index in [0.717, 1.165) is 48.6 Å². The number of anilines is 1. The van der Waals surface area contributed by atoms with Crippen LogP contribution in [0.5, 0.6) is 5.75 Å². The predicted molar refractivity (Wildman–Crippen MR) is 109 cm³/mol. The lowest BCUT2D eigenvalue weighted by molar-refractivity contribution is -0.120. The Morgan fingerprint density at radius 2 is 2.11 bits per heavy atom. The van der Waals surface area contributed by atoms with Gasteiger partial charge in [0.1, 0.15) is 5.75 Å². The van der Waals surface area contributed by atoms with Crippen LogP contribution < -0.4 is 10.1 Å². The van der Waals surface area contributed by atoms with E-state index in [1.54, 1.807) is 18.0 Å². The van der Waals surface area contributed by atoms with Crippen molar-refractivity contribution < 1.29 is 9.53 Å². The summed E-state index contributed by atoms with van der Waals surface area (Å²) in [6, 6.07) is 17.5. The van der Waals surface area contributed by atoms with E-state index in [9.17, 15) is 4.79 Å². The Bertz CT molecular complexity index is 939. The van der Waals surface area contributed by atoms with Crippen LogP contribution in [0.2, 0.25) is 0 Å². The third-order valence-corrected chi connectivity index (χ3v) is 5.07. The Labute approximate surface area is 164 Å². The molecule has 0 unspecified atom stereocenters. The van der Waals surface area contributed by atoms with Crippen molar-refractivity contribution in [3.63, 3.8) is 0 Å². The molecule has 0 bridgehead atoms. The van der Waals surface area contributed by atoms with Crippen molar-refractivity contribution in [2.24, 2.45) is 0 Å². The summed E-state index contributed by atoms with van der Waals surface area (Å²) in [5, 5.41) is 7.32. The van der Waals surface area contributed by atoms with Gasteiger partial charge < -0.3 is 10.1 Å². The lowest BCUT2D eigenvalue weighted by Crippen LogP contribution is -2.39. The maximum absolute atomic E-state index is 12.9. The van der Waals surface area contributed by atoms with Crippen LogP contribution in [0, 0.1) is 0 Å². The highest BCUT2D eigenvalue weighted by molar-refractivity contribution is 5.95. The topological polar surface area (TPSA) is 59.4 Å². The molecule has 6 heteroatoms. The quantitative estimate of drug-likeness (QED) is 0.716. The largest absolute Gasteiger partial charge is 0.497 e. The zero-order valence-corrected chi connectivity index (χ0v) is 15.9. The van der Waals surface area contributed by atoms with Crippen molar-refractivity contribution in [2.75, 3.05) is 19.0 Å². The highest BCUT2D eigenvalue weighted by Crippen LogP contribution is 2.23. The number of methoxy groups -OCH3 is 1. The Morgan fingerprint density at radius 3 is 2.93 bits per heavy atom. The molecule has 1 atom stereocenters. The Morgan fingerprint density at radius 1 is 1.21 bits per heavy atom. The Balaban J connectivity index is 1.44. The van der Waals surface area contributed by atoms with E-state index in [-0.39, 0.29) is 11.9 Å². The van der Waals surface area contributed by atoms with Crippen LogP contribution >= 0.6 is 0 Å². The first-order valence-electron chi connectivity index (χ1n) is 9.51. The second-order valence-corrected chi connectivity index (χ2v) is 6.97. The number of benzene rings is 2. The Hall–Kier alpha value is -3.12. The van der Waals surface area contributed by atoms with Gasteiger partial charge in [0.15, 0.2) is 0 Å². The molecule has 1 amide bonds. The summed E-state index contributed by atoms with van der Waals surface area (Å²) in [5.41, 5.74) is 2.86. The highest BCUT2D eigenvalue weighted by atomic mass is 16.5. The van der Waals surface area contributed by atoms with E-state index < -0.39 is 0 Å². The van der Waals surface area contributed by atoms with E-state index in [0.29, 0.717) is 0 Å². The third-order valence-electron chi connectivity index (χ3n) is 5.07. The molecule has 1 aromatic heterocycles. The number of aromatic nitrogens is 2. The van der Waals surface area contributed by atoms with Gasteiger partial charge in [-0.3, -0.25) is 9.69 Å². The van der Waals surface area contributed by atoms with Crippen molar-refractivity contribution in [1.82, 2.24) is 14.7 Å². The number of amides is 1. The molecule has 144 valence electrons. The van der Waals surface area contributed by atoms with E-state index in [1.807, 2.05) is 54.7 Å². The van der Waals surface area contributed by atoms with E-state index >= 15 is 0 Å². The van der Waals surface area contributed by atoms with Gasteiger partial charge in [0.25, 0.3) is 0 Å². The van der Waals surface area contributed by atoms with Crippen molar-refractivity contribution in [3.8, 4) is 11.4 Å². The van der Waals surface area contributed by atoms with Gasteiger partial charge in [0, 0.05) is 24.6 Å². The average Bonchev–Trinajstić information content (AvgIpc) is 3.40. The number of carbonyl (C=O) groups excluding carboxylic acids is 1. The summed E-state index contributed by atoms with van der Waals surface area (Å²) in [7, 11) is 1.67. The molecular formula is C22H24N4O2. The van der Waals surface area contributed by atoms with E-state index in [2.05, 4.69) is 21.4 Å². The summed E-state index contributed by atoms with van der Waals surface area (Å²) >= 11 is 0. The molecule has 1 saturated heterocycles. The van der Waals surface area contributed by atoms with Crippen LogP contribution in [0.4, 0.5) is 5.69 Å². The SMILES string of the molecule is COc1cccc(CN2CCC[C@H]2C(=O)Nc2cccc(-n3cccn3)c2)c1. The lowest BCUT2D eigenvalue weighted by atomic mass is 10.1. The Kier molecular flexibility index (Phi) is 5.39. The number of nitrogens with one attached hydrogen (secondary N) is 1. The molecule has 28 heavy (non-hydrogen) atoms. The number of rotatable bonds is 6. The molecule has 1 N–H and O–H groups in total. The predicted octanol–water partition coefficient (Wildman–Crippen LogP) is 3.48. The molecule has 1 aliphatic rings. The van der Waals surface area contributed by atoms with Crippen LogP contribution in [0.1, 0.15) is 18.4 Å². The maximum atomic E-state index is 12.9. The summed E-state index contributed by atoms with van der Waals surface area (Å²) in [4.78, 5) is 15.2. The fourth-order valence-corrected chi connectivity index (χ4v) is 3.69. The molecule has 2 aromatic carbocycles. The fraction of sp³-hybridized carbons (Fsp3) is 0.273. The van der Waals surface area contributed by atoms with Crippen LogP contribution in [0.15, 0.2) is 67.0 Å². The molecule has 1 fully saturated rings. The van der Waals surface area contributed by atoms with Crippen molar-refractivity contribution in [2.45, 2.75) is 25.4 Å². The zero-order chi connectivity index (χ0) is 19.3. The summed E-state index contributed by atoms with van der Waals surface area (Å²) in [6.07, 6.45) is 5.51. The maximum Gasteiger partial charge on any atom is 0.241 e. The molecule has 0 saturated carbocycles. The van der Waals surface area contributed by atoms with Crippen LogP contribution in [-0.2, 0) is 11.3 Å². The molecular weight excluding hydrogens is 352 g/mol. The molecule has 3 aromatic rings. The molecule has 0 spiro atoms. The molecule has 4 rings (SSSR count). The van der Waals surface area contributed by atoms with Crippen LogP contribution in [-0.4, -0.2) is 40.3 Å². The van der Waals surface area contributed by atoms with Gasteiger partial charge in [0.05, 0.1) is 18.8 Å². The number of hydrogen-bond acceptors (Lipinski definition) is 4. The molecule has 0 aliphatic carbocycles. The third kappa shape index (κ3) is 4.07. The molecule has 0 radical (unpaired) electrons. The minimum Gasteiger partial charge on any atom is -0.497 e. The van der Waals surface area contributed by atoms with Crippen LogP contribution in [0.3, 0.4) is 0 Å². The zero-order valence-electron chi connectivity index (χ0n) is 15.9. The van der Waals surface area contributed by atoms with Gasteiger partial charge in [-0.15, -0.1) is 0 Å². The normalized spacial score (nSPS) is 16.8. The first kappa shape index (κ1) is 18.3. The second-order valence-electron chi connectivity index (χ2n) is 6.97. The smallest absolute Gasteiger partial charge is 0.241 e. The molecule has 2 heterocycles.